The van der Waals surface area contributed by atoms with Gasteiger partial charge in [0.25, 0.3) is 0 Å². The predicted octanol–water partition coefficient (Wildman–Crippen LogP) is 5.55. The van der Waals surface area contributed by atoms with Crippen LogP contribution in [0.3, 0.4) is 0 Å². The molecule has 2 nitrogen and oxygen atoms in total. The molecule has 0 unspecified atom stereocenters. The van der Waals surface area contributed by atoms with Crippen LogP contribution in [-0.4, -0.2) is 6.61 Å². The molecule has 23 heavy (non-hydrogen) atoms. The monoisotopic (exact) mass is 304 g/mol. The minimum atomic E-state index is 0.740. The first kappa shape index (κ1) is 15.2. The van der Waals surface area contributed by atoms with Crippen LogP contribution in [0.25, 0.3) is 11.2 Å². The molecule has 0 radical (unpaired) electrons. The maximum Gasteiger partial charge on any atom is 0.131 e. The molecule has 0 atom stereocenters. The SMILES string of the molecule is CCOc1ccccc1.c1ccc(Cc2cc3ccc2o3)cc1. The highest BCUT2D eigenvalue weighted by Gasteiger charge is 2.06. The summed E-state index contributed by atoms with van der Waals surface area (Å²) in [6.45, 7) is 2.72. The van der Waals surface area contributed by atoms with E-state index >= 15 is 0 Å². The van der Waals surface area contributed by atoms with Crippen molar-refractivity contribution in [3.63, 3.8) is 0 Å². The van der Waals surface area contributed by atoms with Crippen molar-refractivity contribution in [2.75, 3.05) is 6.61 Å². The van der Waals surface area contributed by atoms with E-state index in [1.165, 1.54) is 11.1 Å². The second-order valence-corrected chi connectivity index (χ2v) is 5.28. The summed E-state index contributed by atoms with van der Waals surface area (Å²) >= 11 is 0. The minimum absolute atomic E-state index is 0.740. The molecule has 2 bridgehead atoms. The Balaban J connectivity index is 0.000000151. The second kappa shape index (κ2) is 7.50. The molecule has 0 aliphatic heterocycles. The zero-order valence-corrected chi connectivity index (χ0v) is 13.2. The van der Waals surface area contributed by atoms with Gasteiger partial charge in [0.15, 0.2) is 0 Å². The number of hydrogen-bond acceptors (Lipinski definition) is 2. The van der Waals surface area contributed by atoms with Crippen molar-refractivity contribution < 1.29 is 9.15 Å². The lowest BCUT2D eigenvalue weighted by molar-refractivity contribution is 0.340. The van der Waals surface area contributed by atoms with Crippen LogP contribution in [0.4, 0.5) is 0 Å². The Kier molecular flexibility index (Phi) is 4.95. The number of benzene rings is 3. The Morgan fingerprint density at radius 2 is 1.52 bits per heavy atom. The van der Waals surface area contributed by atoms with Gasteiger partial charge in [0.05, 0.1) is 6.61 Å². The molecule has 2 heterocycles. The van der Waals surface area contributed by atoms with Crippen LogP contribution in [0, 0.1) is 0 Å². The maximum atomic E-state index is 5.49. The fraction of sp³-hybridized carbons (Fsp3) is 0.143. The minimum Gasteiger partial charge on any atom is -0.494 e. The van der Waals surface area contributed by atoms with Crippen molar-refractivity contribution in [1.82, 2.24) is 0 Å². The predicted molar refractivity (Wildman–Crippen MR) is 94.3 cm³/mol. The molecule has 0 spiro atoms. The van der Waals surface area contributed by atoms with Crippen LogP contribution in [0.1, 0.15) is 18.1 Å². The Bertz CT molecular complexity index is 803. The molecule has 2 aromatic carbocycles. The van der Waals surface area contributed by atoms with Gasteiger partial charge in [-0.2, -0.15) is 0 Å². The third-order valence-corrected chi connectivity index (χ3v) is 3.55. The van der Waals surface area contributed by atoms with Crippen LogP contribution < -0.4 is 4.74 Å². The molecule has 0 saturated carbocycles. The first-order valence-electron chi connectivity index (χ1n) is 7.87. The molecule has 0 aliphatic rings. The van der Waals surface area contributed by atoms with Crippen molar-refractivity contribution in [3.8, 4) is 5.75 Å². The van der Waals surface area contributed by atoms with Gasteiger partial charge in [0, 0.05) is 12.0 Å². The first-order chi connectivity index (χ1) is 11.3. The van der Waals surface area contributed by atoms with Gasteiger partial charge in [-0.25, -0.2) is 0 Å². The summed E-state index contributed by atoms with van der Waals surface area (Å²) in [6.07, 6.45) is 0.962. The van der Waals surface area contributed by atoms with E-state index in [1.807, 2.05) is 55.5 Å². The molecule has 2 heteroatoms. The number of rotatable bonds is 4. The summed E-state index contributed by atoms with van der Waals surface area (Å²) in [5.74, 6) is 0.944. The van der Waals surface area contributed by atoms with E-state index in [0.29, 0.717) is 0 Å². The Labute approximate surface area is 136 Å². The largest absolute Gasteiger partial charge is 0.494 e. The summed E-state index contributed by atoms with van der Waals surface area (Å²) in [5, 5.41) is 0. The van der Waals surface area contributed by atoms with Gasteiger partial charge in [-0.3, -0.25) is 0 Å². The summed E-state index contributed by atoms with van der Waals surface area (Å²) < 4.78 is 10.7. The zero-order valence-electron chi connectivity index (χ0n) is 13.2. The van der Waals surface area contributed by atoms with Crippen LogP contribution in [0.15, 0.2) is 83.3 Å². The smallest absolute Gasteiger partial charge is 0.131 e. The van der Waals surface area contributed by atoms with E-state index in [2.05, 4.69) is 30.3 Å². The van der Waals surface area contributed by atoms with E-state index in [-0.39, 0.29) is 0 Å². The van der Waals surface area contributed by atoms with Crippen molar-refractivity contribution in [2.24, 2.45) is 0 Å². The molecule has 0 fully saturated rings. The zero-order chi connectivity index (χ0) is 15.9. The van der Waals surface area contributed by atoms with Crippen molar-refractivity contribution in [3.05, 3.63) is 90.0 Å². The lowest BCUT2D eigenvalue weighted by Crippen LogP contribution is -1.89. The average Bonchev–Trinajstić information content (AvgIpc) is 3.21. The Morgan fingerprint density at radius 3 is 2.09 bits per heavy atom. The Morgan fingerprint density at radius 1 is 0.826 bits per heavy atom. The molecule has 0 amide bonds. The number of hydrogen-bond donors (Lipinski definition) is 0. The topological polar surface area (TPSA) is 22.4 Å². The van der Waals surface area contributed by atoms with Crippen LogP contribution >= 0.6 is 0 Å². The molecule has 0 saturated heterocycles. The van der Waals surface area contributed by atoms with Gasteiger partial charge < -0.3 is 9.15 Å². The standard InChI is InChI=1S/C13H10O.C8H10O/c1-2-4-10(5-3-1)8-11-9-12-6-7-13(11)14-12;1-2-9-8-6-4-3-5-7-8/h1-7,9H,8H2;3-7H,2H2,1H3. The molecule has 4 aromatic rings. The lowest BCUT2D eigenvalue weighted by Gasteiger charge is -1.99. The summed E-state index contributed by atoms with van der Waals surface area (Å²) in [4.78, 5) is 0. The van der Waals surface area contributed by atoms with E-state index in [9.17, 15) is 0 Å². The average molecular weight is 304 g/mol. The van der Waals surface area contributed by atoms with E-state index in [0.717, 1.165) is 29.9 Å². The number of ether oxygens (including phenoxy) is 1. The van der Waals surface area contributed by atoms with Crippen molar-refractivity contribution in [1.29, 1.82) is 0 Å². The van der Waals surface area contributed by atoms with Gasteiger partial charge in [0.2, 0.25) is 0 Å². The highest BCUT2D eigenvalue weighted by atomic mass is 16.5. The Hall–Kier alpha value is -2.74. The molecular formula is C21H20O2. The molecule has 4 rings (SSSR count). The number of para-hydroxylation sites is 1. The molecular weight excluding hydrogens is 284 g/mol. The number of fused-ring (bicyclic) bond motifs is 2. The van der Waals surface area contributed by atoms with E-state index < -0.39 is 0 Å². The lowest BCUT2D eigenvalue weighted by atomic mass is 10.1. The first-order valence-corrected chi connectivity index (χ1v) is 7.87. The van der Waals surface area contributed by atoms with Crippen LogP contribution in [-0.2, 0) is 6.42 Å². The third kappa shape index (κ3) is 4.13. The van der Waals surface area contributed by atoms with E-state index in [1.54, 1.807) is 0 Å². The molecule has 116 valence electrons. The van der Waals surface area contributed by atoms with Gasteiger partial charge >= 0.3 is 0 Å². The van der Waals surface area contributed by atoms with Crippen LogP contribution in [0.5, 0.6) is 5.75 Å². The van der Waals surface area contributed by atoms with Crippen molar-refractivity contribution >= 4 is 11.2 Å². The third-order valence-electron chi connectivity index (χ3n) is 3.55. The summed E-state index contributed by atoms with van der Waals surface area (Å²) in [7, 11) is 0. The van der Waals surface area contributed by atoms with Gasteiger partial charge in [-0.05, 0) is 42.8 Å². The second-order valence-electron chi connectivity index (χ2n) is 5.28. The summed E-state index contributed by atoms with van der Waals surface area (Å²) in [6, 6.07) is 26.4. The quantitative estimate of drug-likeness (QED) is 0.493. The van der Waals surface area contributed by atoms with Crippen LogP contribution in [0.2, 0.25) is 0 Å². The fourth-order valence-corrected chi connectivity index (χ4v) is 2.48. The summed E-state index contributed by atoms with van der Waals surface area (Å²) in [5.41, 5.74) is 4.61. The molecule has 0 aliphatic carbocycles. The molecule has 2 aromatic heterocycles. The highest BCUT2D eigenvalue weighted by molar-refractivity contribution is 5.66. The normalized spacial score (nSPS) is 10.3. The van der Waals surface area contributed by atoms with E-state index in [4.69, 9.17) is 9.15 Å². The fourth-order valence-electron chi connectivity index (χ4n) is 2.48. The number of furan rings is 2. The maximum absolute atomic E-state index is 5.49. The molecule has 0 N–H and O–H groups in total. The van der Waals surface area contributed by atoms with Gasteiger partial charge in [-0.15, -0.1) is 0 Å². The van der Waals surface area contributed by atoms with Gasteiger partial charge in [-0.1, -0.05) is 48.5 Å². The highest BCUT2D eigenvalue weighted by Crippen LogP contribution is 2.24. The van der Waals surface area contributed by atoms with Gasteiger partial charge in [0.1, 0.15) is 16.9 Å². The van der Waals surface area contributed by atoms with Crippen molar-refractivity contribution in [2.45, 2.75) is 13.3 Å².